The van der Waals surface area contributed by atoms with Crippen LogP contribution in [0.1, 0.15) is 35.0 Å². The lowest BCUT2D eigenvalue weighted by molar-refractivity contribution is -0.116. The van der Waals surface area contributed by atoms with Gasteiger partial charge in [-0.2, -0.15) is 0 Å². The second-order valence-corrected chi connectivity index (χ2v) is 7.70. The van der Waals surface area contributed by atoms with E-state index in [4.69, 9.17) is 0 Å². The number of aryl methyl sites for hydroxylation is 1. The number of fused-ring (bicyclic) bond motifs is 1. The minimum absolute atomic E-state index is 0.0181. The maximum absolute atomic E-state index is 13.0. The van der Waals surface area contributed by atoms with E-state index in [-0.39, 0.29) is 18.4 Å². The van der Waals surface area contributed by atoms with Crippen LogP contribution >= 0.6 is 11.3 Å². The van der Waals surface area contributed by atoms with Crippen LogP contribution in [0.15, 0.2) is 48.7 Å². The lowest BCUT2D eigenvalue weighted by Crippen LogP contribution is -2.38. The van der Waals surface area contributed by atoms with Crippen molar-refractivity contribution in [2.24, 2.45) is 0 Å². The van der Waals surface area contributed by atoms with E-state index in [1.54, 1.807) is 11.1 Å². The molecule has 0 atom stereocenters. The summed E-state index contributed by atoms with van der Waals surface area (Å²) in [5.74, 6) is -0.353. The molecule has 0 bridgehead atoms. The molecule has 0 unspecified atom stereocenters. The highest BCUT2D eigenvalue weighted by molar-refractivity contribution is 7.15. The summed E-state index contributed by atoms with van der Waals surface area (Å²) < 4.78 is 0. The highest BCUT2D eigenvalue weighted by Crippen LogP contribution is 2.18. The average molecular weight is 382 g/mol. The monoisotopic (exact) mass is 381 g/mol. The molecule has 3 aromatic rings. The number of unbranched alkanes of at least 4 members (excludes halogenated alkanes) is 1. The van der Waals surface area contributed by atoms with Crippen molar-refractivity contribution in [1.29, 1.82) is 0 Å². The number of nitrogens with zero attached hydrogens (tertiary/aromatic N) is 2. The maximum atomic E-state index is 13.0. The van der Waals surface area contributed by atoms with Gasteiger partial charge in [0.15, 0.2) is 5.13 Å². The number of carbonyl (C=O) groups is 2. The van der Waals surface area contributed by atoms with Gasteiger partial charge in [0.25, 0.3) is 5.91 Å². The number of carbonyl (C=O) groups excluding carboxylic acids is 2. The van der Waals surface area contributed by atoms with Gasteiger partial charge >= 0.3 is 0 Å². The van der Waals surface area contributed by atoms with Crippen LogP contribution in [0.5, 0.6) is 0 Å². The first-order valence-corrected chi connectivity index (χ1v) is 9.89. The molecule has 0 aliphatic heterocycles. The van der Waals surface area contributed by atoms with Crippen LogP contribution in [-0.4, -0.2) is 34.8 Å². The molecule has 3 rings (SSSR count). The molecule has 140 valence electrons. The summed E-state index contributed by atoms with van der Waals surface area (Å²) in [7, 11) is 0. The molecule has 0 saturated carbocycles. The Kier molecular flexibility index (Phi) is 6.19. The van der Waals surface area contributed by atoms with Gasteiger partial charge in [0.1, 0.15) is 6.54 Å². The zero-order valence-corrected chi connectivity index (χ0v) is 16.4. The van der Waals surface area contributed by atoms with Gasteiger partial charge in [0, 0.05) is 23.2 Å². The van der Waals surface area contributed by atoms with Crippen LogP contribution in [0.2, 0.25) is 0 Å². The number of hydrogen-bond acceptors (Lipinski definition) is 4. The third kappa shape index (κ3) is 4.92. The summed E-state index contributed by atoms with van der Waals surface area (Å²) in [5.41, 5.74) is 0.600. The Balaban J connectivity index is 1.75. The van der Waals surface area contributed by atoms with Crippen molar-refractivity contribution in [2.45, 2.75) is 26.7 Å². The SMILES string of the molecule is CCCCN(CC(=O)Nc1ncc(C)s1)C(=O)c1ccc2ccccc2c1. The normalized spacial score (nSPS) is 10.7. The second-order valence-electron chi connectivity index (χ2n) is 6.47. The van der Waals surface area contributed by atoms with Crippen molar-refractivity contribution < 1.29 is 9.59 Å². The van der Waals surface area contributed by atoms with Crippen molar-refractivity contribution in [3.8, 4) is 0 Å². The van der Waals surface area contributed by atoms with Gasteiger partial charge in [-0.15, -0.1) is 11.3 Å². The summed E-state index contributed by atoms with van der Waals surface area (Å²) >= 11 is 1.42. The molecule has 0 aliphatic carbocycles. The van der Waals surface area contributed by atoms with Crippen molar-refractivity contribution in [2.75, 3.05) is 18.4 Å². The zero-order valence-electron chi connectivity index (χ0n) is 15.6. The first-order valence-electron chi connectivity index (χ1n) is 9.07. The molecule has 1 N–H and O–H groups in total. The molecule has 6 heteroatoms. The van der Waals surface area contributed by atoms with Crippen LogP contribution in [0.3, 0.4) is 0 Å². The Bertz CT molecular complexity index is 951. The first-order chi connectivity index (χ1) is 13.1. The maximum Gasteiger partial charge on any atom is 0.254 e. The van der Waals surface area contributed by atoms with Crippen LogP contribution < -0.4 is 5.32 Å². The zero-order chi connectivity index (χ0) is 19.2. The predicted octanol–water partition coefficient (Wildman–Crippen LogP) is 4.49. The number of rotatable bonds is 7. The molecule has 0 radical (unpaired) electrons. The largest absolute Gasteiger partial charge is 0.329 e. The van der Waals surface area contributed by atoms with Gasteiger partial charge in [-0.25, -0.2) is 4.98 Å². The lowest BCUT2D eigenvalue weighted by Gasteiger charge is -2.22. The fourth-order valence-corrected chi connectivity index (χ4v) is 3.53. The number of benzene rings is 2. The van der Waals surface area contributed by atoms with E-state index in [0.29, 0.717) is 17.2 Å². The molecule has 1 heterocycles. The van der Waals surface area contributed by atoms with E-state index in [1.165, 1.54) is 11.3 Å². The van der Waals surface area contributed by atoms with Crippen LogP contribution in [0.4, 0.5) is 5.13 Å². The fourth-order valence-electron chi connectivity index (χ4n) is 2.85. The standard InChI is InChI=1S/C21H23N3O2S/c1-3-4-11-24(14-19(25)23-21-22-13-15(2)27-21)20(26)18-10-9-16-7-5-6-8-17(16)12-18/h5-10,12-13H,3-4,11,14H2,1-2H3,(H,22,23,25). The van der Waals surface area contributed by atoms with E-state index >= 15 is 0 Å². The van der Waals surface area contributed by atoms with E-state index in [0.717, 1.165) is 28.5 Å². The Morgan fingerprint density at radius 2 is 1.93 bits per heavy atom. The molecule has 0 fully saturated rings. The number of hydrogen-bond donors (Lipinski definition) is 1. The number of aromatic nitrogens is 1. The van der Waals surface area contributed by atoms with Crippen molar-refractivity contribution in [1.82, 2.24) is 9.88 Å². The van der Waals surface area contributed by atoms with Crippen LogP contribution in [0.25, 0.3) is 10.8 Å². The van der Waals surface area contributed by atoms with Crippen molar-refractivity contribution in [3.05, 3.63) is 59.1 Å². The van der Waals surface area contributed by atoms with Crippen LogP contribution in [-0.2, 0) is 4.79 Å². The highest BCUT2D eigenvalue weighted by atomic mass is 32.1. The fraction of sp³-hybridized carbons (Fsp3) is 0.286. The van der Waals surface area contributed by atoms with E-state index in [9.17, 15) is 9.59 Å². The Hall–Kier alpha value is -2.73. The topological polar surface area (TPSA) is 62.3 Å². The summed E-state index contributed by atoms with van der Waals surface area (Å²) in [5, 5.41) is 5.45. The van der Waals surface area contributed by atoms with Gasteiger partial charge < -0.3 is 10.2 Å². The van der Waals surface area contributed by atoms with E-state index < -0.39 is 0 Å². The van der Waals surface area contributed by atoms with Gasteiger partial charge in [-0.3, -0.25) is 9.59 Å². The summed E-state index contributed by atoms with van der Waals surface area (Å²) in [4.78, 5) is 32.2. The minimum atomic E-state index is -0.227. The Morgan fingerprint density at radius 3 is 2.63 bits per heavy atom. The van der Waals surface area contributed by atoms with E-state index in [2.05, 4.69) is 17.2 Å². The van der Waals surface area contributed by atoms with Gasteiger partial charge in [-0.1, -0.05) is 43.7 Å². The summed E-state index contributed by atoms with van der Waals surface area (Å²) in [6.07, 6.45) is 3.52. The predicted molar refractivity (Wildman–Crippen MR) is 110 cm³/mol. The average Bonchev–Trinajstić information content (AvgIpc) is 3.08. The molecule has 0 aliphatic rings. The molecule has 0 spiro atoms. The number of thiazole rings is 1. The molecule has 0 saturated heterocycles. The summed E-state index contributed by atoms with van der Waals surface area (Å²) in [6.45, 7) is 4.57. The summed E-state index contributed by atoms with van der Waals surface area (Å²) in [6, 6.07) is 13.6. The van der Waals surface area contributed by atoms with Crippen molar-refractivity contribution >= 4 is 39.1 Å². The lowest BCUT2D eigenvalue weighted by atomic mass is 10.1. The van der Waals surface area contributed by atoms with Gasteiger partial charge in [-0.05, 0) is 36.2 Å². The quantitative estimate of drug-likeness (QED) is 0.656. The Morgan fingerprint density at radius 1 is 1.15 bits per heavy atom. The third-order valence-electron chi connectivity index (χ3n) is 4.27. The smallest absolute Gasteiger partial charge is 0.254 e. The molecule has 2 aromatic carbocycles. The molecule has 2 amide bonds. The van der Waals surface area contributed by atoms with E-state index in [1.807, 2.05) is 49.4 Å². The minimum Gasteiger partial charge on any atom is -0.329 e. The molecule has 27 heavy (non-hydrogen) atoms. The molecular formula is C21H23N3O2S. The molecular weight excluding hydrogens is 358 g/mol. The van der Waals surface area contributed by atoms with Gasteiger partial charge in [0.2, 0.25) is 5.91 Å². The van der Waals surface area contributed by atoms with Crippen molar-refractivity contribution in [3.63, 3.8) is 0 Å². The second kappa shape index (κ2) is 8.77. The number of nitrogens with one attached hydrogen (secondary N) is 1. The van der Waals surface area contributed by atoms with Gasteiger partial charge in [0.05, 0.1) is 0 Å². The number of anilines is 1. The number of amides is 2. The van der Waals surface area contributed by atoms with Crippen LogP contribution in [0, 0.1) is 6.92 Å². The Labute approximate surface area is 163 Å². The first kappa shape index (κ1) is 19.0. The molecule has 1 aromatic heterocycles. The molecule has 5 nitrogen and oxygen atoms in total. The highest BCUT2D eigenvalue weighted by Gasteiger charge is 2.19. The third-order valence-corrected chi connectivity index (χ3v) is 5.10.